The van der Waals surface area contributed by atoms with Gasteiger partial charge in [-0.25, -0.2) is 0 Å². The van der Waals surface area contributed by atoms with Crippen LogP contribution >= 0.6 is 11.6 Å². The molecule has 114 valence electrons. The smallest absolute Gasteiger partial charge is 0.316 e. The van der Waals surface area contributed by atoms with Crippen LogP contribution in [0.5, 0.6) is 0 Å². The number of halogens is 1. The van der Waals surface area contributed by atoms with Crippen molar-refractivity contribution >= 4 is 17.6 Å². The molecule has 1 atom stereocenters. The molecule has 2 rings (SSSR count). The standard InChI is InChI=1S/C17H21ClO3/c1-12(9-19)8-17(11-16(17,2)3)15(20)21-10-13-4-6-14(18)7-5-13/h4-8,19H,9-11H2,1-3H3. The highest BCUT2D eigenvalue weighted by molar-refractivity contribution is 6.30. The maximum Gasteiger partial charge on any atom is 0.316 e. The van der Waals surface area contributed by atoms with E-state index in [0.29, 0.717) is 5.02 Å². The fourth-order valence-electron chi connectivity index (χ4n) is 2.63. The normalized spacial score (nSPS) is 23.8. The van der Waals surface area contributed by atoms with Gasteiger partial charge in [0.25, 0.3) is 0 Å². The van der Waals surface area contributed by atoms with E-state index in [1.807, 2.05) is 39.0 Å². The summed E-state index contributed by atoms with van der Waals surface area (Å²) in [6, 6.07) is 7.24. The highest BCUT2D eigenvalue weighted by Gasteiger charge is 2.66. The number of rotatable bonds is 5. The van der Waals surface area contributed by atoms with Gasteiger partial charge in [0.1, 0.15) is 6.61 Å². The molecule has 21 heavy (non-hydrogen) atoms. The van der Waals surface area contributed by atoms with Gasteiger partial charge >= 0.3 is 5.97 Å². The first-order valence-electron chi connectivity index (χ1n) is 7.02. The molecule has 0 bridgehead atoms. The van der Waals surface area contributed by atoms with Crippen molar-refractivity contribution in [2.45, 2.75) is 33.8 Å². The molecule has 1 fully saturated rings. The third-order valence-corrected chi connectivity index (χ3v) is 4.45. The summed E-state index contributed by atoms with van der Waals surface area (Å²) < 4.78 is 5.47. The number of hydrogen-bond donors (Lipinski definition) is 1. The van der Waals surface area contributed by atoms with Crippen molar-refractivity contribution in [3.8, 4) is 0 Å². The molecular weight excluding hydrogens is 288 g/mol. The van der Waals surface area contributed by atoms with E-state index in [0.717, 1.165) is 17.6 Å². The van der Waals surface area contributed by atoms with Crippen molar-refractivity contribution in [1.82, 2.24) is 0 Å². The molecule has 0 aromatic heterocycles. The number of aliphatic hydroxyl groups excluding tert-OH is 1. The molecule has 0 spiro atoms. The van der Waals surface area contributed by atoms with Crippen LogP contribution in [0.25, 0.3) is 0 Å². The van der Waals surface area contributed by atoms with E-state index in [2.05, 4.69) is 0 Å². The Morgan fingerprint density at radius 2 is 1.95 bits per heavy atom. The fourth-order valence-corrected chi connectivity index (χ4v) is 2.76. The molecule has 1 N–H and O–H groups in total. The Labute approximate surface area is 130 Å². The number of carbonyl (C=O) groups excluding carboxylic acids is 1. The van der Waals surface area contributed by atoms with Crippen LogP contribution in [0.4, 0.5) is 0 Å². The van der Waals surface area contributed by atoms with Crippen molar-refractivity contribution in [3.63, 3.8) is 0 Å². The fraction of sp³-hybridized carbons (Fsp3) is 0.471. The first-order valence-corrected chi connectivity index (χ1v) is 7.39. The van der Waals surface area contributed by atoms with Crippen LogP contribution < -0.4 is 0 Å². The van der Waals surface area contributed by atoms with Crippen LogP contribution in [0.2, 0.25) is 5.02 Å². The number of esters is 1. The van der Waals surface area contributed by atoms with Gasteiger partial charge in [0.15, 0.2) is 0 Å². The van der Waals surface area contributed by atoms with Gasteiger partial charge in [0.05, 0.1) is 12.0 Å². The summed E-state index contributed by atoms with van der Waals surface area (Å²) in [5.41, 5.74) is 0.973. The Kier molecular flexibility index (Phi) is 4.45. The van der Waals surface area contributed by atoms with Gasteiger partial charge in [-0.05, 0) is 36.5 Å². The molecule has 1 aromatic rings. The number of aliphatic hydroxyl groups is 1. The quantitative estimate of drug-likeness (QED) is 0.666. The predicted molar refractivity (Wildman–Crippen MR) is 82.9 cm³/mol. The van der Waals surface area contributed by atoms with Crippen LogP contribution in [0.1, 0.15) is 32.8 Å². The van der Waals surface area contributed by atoms with Crippen molar-refractivity contribution < 1.29 is 14.6 Å². The van der Waals surface area contributed by atoms with E-state index < -0.39 is 5.41 Å². The average Bonchev–Trinajstić information content (AvgIpc) is 3.00. The monoisotopic (exact) mass is 308 g/mol. The summed E-state index contributed by atoms with van der Waals surface area (Å²) in [5.74, 6) is -0.227. The zero-order chi connectivity index (χ0) is 15.7. The molecule has 3 nitrogen and oxygen atoms in total. The van der Waals surface area contributed by atoms with E-state index in [1.165, 1.54) is 0 Å². The molecule has 1 aliphatic carbocycles. The first-order chi connectivity index (χ1) is 9.80. The van der Waals surface area contributed by atoms with Gasteiger partial charge in [-0.1, -0.05) is 49.2 Å². The van der Waals surface area contributed by atoms with Crippen LogP contribution in [0, 0.1) is 10.8 Å². The van der Waals surface area contributed by atoms with Gasteiger partial charge in [0.2, 0.25) is 0 Å². The minimum Gasteiger partial charge on any atom is -0.460 e. The summed E-state index contributed by atoms with van der Waals surface area (Å²) >= 11 is 5.83. The lowest BCUT2D eigenvalue weighted by Gasteiger charge is -2.16. The van der Waals surface area contributed by atoms with Crippen molar-refractivity contribution in [3.05, 3.63) is 46.5 Å². The number of hydrogen-bond acceptors (Lipinski definition) is 3. The van der Waals surface area contributed by atoms with Crippen LogP contribution in [-0.4, -0.2) is 17.7 Å². The van der Waals surface area contributed by atoms with Gasteiger partial charge in [-0.2, -0.15) is 0 Å². The molecular formula is C17H21ClO3. The molecule has 4 heteroatoms. The third kappa shape index (κ3) is 3.30. The Hall–Kier alpha value is -1.32. The van der Waals surface area contributed by atoms with Gasteiger partial charge in [-0.3, -0.25) is 4.79 Å². The molecule has 0 aliphatic heterocycles. The summed E-state index contributed by atoms with van der Waals surface area (Å²) in [6.45, 7) is 6.10. The Morgan fingerprint density at radius 1 is 1.38 bits per heavy atom. The average molecular weight is 309 g/mol. The lowest BCUT2D eigenvalue weighted by atomic mass is 9.93. The number of benzene rings is 1. The third-order valence-electron chi connectivity index (χ3n) is 4.19. The van der Waals surface area contributed by atoms with Crippen molar-refractivity contribution in [2.75, 3.05) is 6.61 Å². The molecule has 0 heterocycles. The molecule has 1 aliphatic rings. The highest BCUT2D eigenvalue weighted by Crippen LogP contribution is 2.65. The highest BCUT2D eigenvalue weighted by atomic mass is 35.5. The summed E-state index contributed by atoms with van der Waals surface area (Å²) in [6.07, 6.45) is 2.61. The summed E-state index contributed by atoms with van der Waals surface area (Å²) in [7, 11) is 0. The molecule has 0 radical (unpaired) electrons. The van der Waals surface area contributed by atoms with Gasteiger partial charge in [-0.15, -0.1) is 0 Å². The van der Waals surface area contributed by atoms with E-state index >= 15 is 0 Å². The zero-order valence-corrected chi connectivity index (χ0v) is 13.4. The summed E-state index contributed by atoms with van der Waals surface area (Å²) in [4.78, 5) is 12.5. The second kappa shape index (κ2) is 5.82. The van der Waals surface area contributed by atoms with Gasteiger partial charge in [0, 0.05) is 5.02 Å². The van der Waals surface area contributed by atoms with E-state index in [-0.39, 0.29) is 24.6 Å². The minimum absolute atomic E-state index is 0.0394. The molecule has 1 aromatic carbocycles. The first kappa shape index (κ1) is 16.1. The summed E-state index contributed by atoms with van der Waals surface area (Å²) in [5, 5.41) is 9.84. The maximum atomic E-state index is 12.5. The van der Waals surface area contributed by atoms with E-state index in [1.54, 1.807) is 12.1 Å². The Bertz CT molecular complexity index is 560. The van der Waals surface area contributed by atoms with Crippen molar-refractivity contribution in [1.29, 1.82) is 0 Å². The van der Waals surface area contributed by atoms with Crippen LogP contribution in [0.15, 0.2) is 35.9 Å². The molecule has 1 saturated carbocycles. The minimum atomic E-state index is -0.605. The lowest BCUT2D eigenvalue weighted by molar-refractivity contribution is -0.150. The Balaban J connectivity index is 2.06. The Morgan fingerprint density at radius 3 is 2.43 bits per heavy atom. The lowest BCUT2D eigenvalue weighted by Crippen LogP contribution is -2.22. The topological polar surface area (TPSA) is 46.5 Å². The van der Waals surface area contributed by atoms with Crippen molar-refractivity contribution in [2.24, 2.45) is 10.8 Å². The second-order valence-corrected chi connectivity index (χ2v) is 6.82. The SMILES string of the molecule is CC(=CC1(C(=O)OCc2ccc(Cl)cc2)CC1(C)C)CO. The number of ether oxygens (including phenoxy) is 1. The molecule has 0 amide bonds. The van der Waals surface area contributed by atoms with Crippen LogP contribution in [0.3, 0.4) is 0 Å². The van der Waals surface area contributed by atoms with Gasteiger partial charge < -0.3 is 9.84 Å². The van der Waals surface area contributed by atoms with E-state index in [4.69, 9.17) is 16.3 Å². The molecule has 1 unspecified atom stereocenters. The maximum absolute atomic E-state index is 12.5. The molecule has 0 saturated heterocycles. The van der Waals surface area contributed by atoms with Crippen LogP contribution in [-0.2, 0) is 16.1 Å². The largest absolute Gasteiger partial charge is 0.460 e. The van der Waals surface area contributed by atoms with E-state index in [9.17, 15) is 9.90 Å². The predicted octanol–water partition coefficient (Wildman–Crippen LogP) is 3.74. The number of carbonyl (C=O) groups is 1. The zero-order valence-electron chi connectivity index (χ0n) is 12.6. The second-order valence-electron chi connectivity index (χ2n) is 6.38.